The molecule has 12 heavy (non-hydrogen) atoms. The predicted molar refractivity (Wildman–Crippen MR) is 48.7 cm³/mol. The molecule has 0 fully saturated rings. The van der Waals surface area contributed by atoms with E-state index in [-0.39, 0.29) is 5.88 Å². The molecule has 1 N–H and O–H groups in total. The van der Waals surface area contributed by atoms with Crippen molar-refractivity contribution in [3.05, 3.63) is 18.2 Å². The zero-order valence-electron chi connectivity index (χ0n) is 7.10. The molecule has 4 heteroatoms. The molecule has 0 spiro atoms. The first kappa shape index (κ1) is 8.52. The summed E-state index contributed by atoms with van der Waals surface area (Å²) in [6, 6.07) is 5.06. The topological polar surface area (TPSA) is 48.7 Å². The lowest BCUT2D eigenvalue weighted by Gasteiger charge is -2.10. The van der Waals surface area contributed by atoms with E-state index < -0.39 is 0 Å². The summed E-state index contributed by atoms with van der Waals surface area (Å²) in [4.78, 5) is 9.42. The fraction of sp³-hybridized carbons (Fsp3) is 0.250. The Morgan fingerprint density at radius 3 is 2.92 bits per heavy atom. The summed E-state index contributed by atoms with van der Waals surface area (Å²) < 4.78 is 0. The molecule has 0 saturated heterocycles. The quantitative estimate of drug-likeness (QED) is 0.522. The number of hydrogen-bond donors (Lipinski definition) is 1. The van der Waals surface area contributed by atoms with Crippen LogP contribution in [0.25, 0.3) is 0 Å². The molecule has 1 heterocycles. The van der Waals surface area contributed by atoms with Crippen molar-refractivity contribution < 1.29 is 5.11 Å². The number of aromatic nitrogens is 1. The van der Waals surface area contributed by atoms with E-state index in [9.17, 15) is 0 Å². The van der Waals surface area contributed by atoms with E-state index in [0.717, 1.165) is 0 Å². The van der Waals surface area contributed by atoms with Gasteiger partial charge < -0.3 is 10.0 Å². The van der Waals surface area contributed by atoms with Gasteiger partial charge in [-0.25, -0.2) is 0 Å². The number of aliphatic imine (C=N–C) groups is 1. The molecule has 0 aliphatic carbocycles. The van der Waals surface area contributed by atoms with Crippen LogP contribution in [0.3, 0.4) is 0 Å². The fourth-order valence-corrected chi connectivity index (χ4v) is 0.841. The van der Waals surface area contributed by atoms with Crippen molar-refractivity contribution in [1.29, 1.82) is 0 Å². The minimum Gasteiger partial charge on any atom is -0.493 e. The van der Waals surface area contributed by atoms with Crippen molar-refractivity contribution in [1.82, 2.24) is 4.98 Å². The maximum atomic E-state index is 9.05. The molecular formula is C8H11N3O. The predicted octanol–water partition coefficient (Wildman–Crippen LogP) is 0.881. The van der Waals surface area contributed by atoms with Gasteiger partial charge in [0.05, 0.1) is 6.34 Å². The van der Waals surface area contributed by atoms with Crippen LogP contribution in [0, 0.1) is 0 Å². The van der Waals surface area contributed by atoms with Crippen molar-refractivity contribution in [2.75, 3.05) is 19.0 Å². The molecule has 0 radical (unpaired) electrons. The van der Waals surface area contributed by atoms with Gasteiger partial charge in [0.25, 0.3) is 0 Å². The summed E-state index contributed by atoms with van der Waals surface area (Å²) in [5, 5.41) is 9.05. The summed E-state index contributed by atoms with van der Waals surface area (Å²) in [6.45, 7) is 0. The van der Waals surface area contributed by atoms with Gasteiger partial charge in [0.2, 0.25) is 5.88 Å². The van der Waals surface area contributed by atoms with Crippen LogP contribution in [0.1, 0.15) is 0 Å². The van der Waals surface area contributed by atoms with E-state index >= 15 is 0 Å². The highest BCUT2D eigenvalue weighted by molar-refractivity contribution is 5.76. The van der Waals surface area contributed by atoms with Crippen molar-refractivity contribution >= 4 is 12.2 Å². The van der Waals surface area contributed by atoms with Crippen LogP contribution in [0.4, 0.5) is 5.82 Å². The molecule has 0 atom stereocenters. The molecule has 4 nitrogen and oxygen atoms in total. The molecule has 64 valence electrons. The molecule has 0 amide bonds. The molecule has 0 aliphatic heterocycles. The Hall–Kier alpha value is -1.58. The van der Waals surface area contributed by atoms with Gasteiger partial charge in [-0.2, -0.15) is 4.98 Å². The molecule has 0 bridgehead atoms. The molecule has 1 rings (SSSR count). The second-order valence-corrected chi connectivity index (χ2v) is 2.34. The Labute approximate surface area is 71.2 Å². The van der Waals surface area contributed by atoms with Gasteiger partial charge in [-0.15, -0.1) is 0 Å². The molecular weight excluding hydrogens is 154 g/mol. The Kier molecular flexibility index (Phi) is 2.63. The first-order chi connectivity index (χ1) is 5.74. The lowest BCUT2D eigenvalue weighted by molar-refractivity contribution is 0.454. The molecule has 1 aromatic rings. The standard InChI is InChI=1S/C8H11N3O/c1-9-6-11(2)7-4-3-5-8(12)10-7/h3-6H,1-2H3,(H,10,12). The second-order valence-electron chi connectivity index (χ2n) is 2.34. The minimum atomic E-state index is 0.0175. The van der Waals surface area contributed by atoms with Gasteiger partial charge in [0.1, 0.15) is 5.82 Å². The van der Waals surface area contributed by atoms with Gasteiger partial charge in [0.15, 0.2) is 0 Å². The Balaban J connectivity index is 2.87. The monoisotopic (exact) mass is 165 g/mol. The minimum absolute atomic E-state index is 0.0175. The number of nitrogens with zero attached hydrogens (tertiary/aromatic N) is 3. The number of pyridine rings is 1. The molecule has 0 saturated carbocycles. The van der Waals surface area contributed by atoms with Gasteiger partial charge in [-0.1, -0.05) is 6.07 Å². The number of hydrogen-bond acceptors (Lipinski definition) is 3. The van der Waals surface area contributed by atoms with Crippen LogP contribution >= 0.6 is 0 Å². The van der Waals surface area contributed by atoms with Crippen molar-refractivity contribution in [3.8, 4) is 5.88 Å². The van der Waals surface area contributed by atoms with E-state index in [1.54, 1.807) is 30.4 Å². The van der Waals surface area contributed by atoms with Gasteiger partial charge >= 0.3 is 0 Å². The van der Waals surface area contributed by atoms with Crippen molar-refractivity contribution in [3.63, 3.8) is 0 Å². The summed E-state index contributed by atoms with van der Waals surface area (Å²) in [6.07, 6.45) is 1.63. The van der Waals surface area contributed by atoms with Crippen LogP contribution in [0.5, 0.6) is 5.88 Å². The normalized spacial score (nSPS) is 10.5. The van der Waals surface area contributed by atoms with Crippen LogP contribution < -0.4 is 4.90 Å². The largest absolute Gasteiger partial charge is 0.493 e. The third kappa shape index (κ3) is 1.95. The Bertz CT molecular complexity index is 285. The van der Waals surface area contributed by atoms with E-state index in [2.05, 4.69) is 9.98 Å². The zero-order chi connectivity index (χ0) is 8.97. The van der Waals surface area contributed by atoms with Gasteiger partial charge in [-0.05, 0) is 6.07 Å². The smallest absolute Gasteiger partial charge is 0.212 e. The lowest BCUT2D eigenvalue weighted by Crippen LogP contribution is -2.15. The SMILES string of the molecule is CN=CN(C)c1cccc(O)n1. The summed E-state index contributed by atoms with van der Waals surface area (Å²) in [7, 11) is 3.49. The van der Waals surface area contributed by atoms with Crippen LogP contribution in [-0.2, 0) is 0 Å². The summed E-state index contributed by atoms with van der Waals surface area (Å²) >= 11 is 0. The highest BCUT2D eigenvalue weighted by Gasteiger charge is 1.98. The third-order valence-electron chi connectivity index (χ3n) is 1.37. The van der Waals surface area contributed by atoms with Crippen molar-refractivity contribution in [2.45, 2.75) is 0 Å². The maximum absolute atomic E-state index is 9.05. The maximum Gasteiger partial charge on any atom is 0.212 e. The summed E-state index contributed by atoms with van der Waals surface area (Å²) in [5.41, 5.74) is 0. The fourth-order valence-electron chi connectivity index (χ4n) is 0.841. The molecule has 0 aromatic carbocycles. The average molecular weight is 165 g/mol. The molecule has 1 aromatic heterocycles. The first-order valence-corrected chi connectivity index (χ1v) is 3.55. The molecule has 0 unspecified atom stereocenters. The van der Waals surface area contributed by atoms with Crippen LogP contribution in [0.15, 0.2) is 23.2 Å². The summed E-state index contributed by atoms with van der Waals surface area (Å²) in [5.74, 6) is 0.685. The van der Waals surface area contributed by atoms with Crippen molar-refractivity contribution in [2.24, 2.45) is 4.99 Å². The lowest BCUT2D eigenvalue weighted by atomic mass is 10.4. The van der Waals surface area contributed by atoms with Crippen LogP contribution in [0.2, 0.25) is 0 Å². The highest BCUT2D eigenvalue weighted by atomic mass is 16.3. The Morgan fingerprint density at radius 1 is 1.58 bits per heavy atom. The highest BCUT2D eigenvalue weighted by Crippen LogP contribution is 2.11. The van der Waals surface area contributed by atoms with Gasteiger partial charge in [-0.3, -0.25) is 4.99 Å². The van der Waals surface area contributed by atoms with Gasteiger partial charge in [0, 0.05) is 20.2 Å². The van der Waals surface area contributed by atoms with E-state index in [1.807, 2.05) is 7.05 Å². The van der Waals surface area contributed by atoms with E-state index in [1.165, 1.54) is 6.07 Å². The van der Waals surface area contributed by atoms with E-state index in [4.69, 9.17) is 5.11 Å². The second kappa shape index (κ2) is 3.71. The third-order valence-corrected chi connectivity index (χ3v) is 1.37. The Morgan fingerprint density at radius 2 is 2.33 bits per heavy atom. The zero-order valence-corrected chi connectivity index (χ0v) is 7.10. The van der Waals surface area contributed by atoms with E-state index in [0.29, 0.717) is 5.82 Å². The number of anilines is 1. The number of aromatic hydroxyl groups is 1. The molecule has 0 aliphatic rings. The number of rotatable bonds is 2. The first-order valence-electron chi connectivity index (χ1n) is 3.55. The average Bonchev–Trinajstić information content (AvgIpc) is 2.05. The van der Waals surface area contributed by atoms with Crippen LogP contribution in [-0.4, -0.2) is 30.5 Å².